The van der Waals surface area contributed by atoms with Gasteiger partial charge in [-0.05, 0) is 30.2 Å². The molecule has 1 aromatic heterocycles. The molecule has 0 bridgehead atoms. The summed E-state index contributed by atoms with van der Waals surface area (Å²) in [5, 5.41) is 0. The summed E-state index contributed by atoms with van der Waals surface area (Å²) in [6.45, 7) is 3.60. The minimum Gasteiger partial charge on any atom is -0.448 e. The standard InChI is InChI=1S/C21H21N2O5PS/c1-14-11-18(21(25)28-29)13-23(14)12-16-7-9-17(10-8-16)19-5-3-4-6-20(19)30(26,27)22-15(2)24/h3-11,13H,12,29H2,1-2H3,(H,22,24). The molecular formula is C21H21N2O5PS. The van der Waals surface area contributed by atoms with Gasteiger partial charge in [0.05, 0.1) is 19.9 Å². The lowest BCUT2D eigenvalue weighted by Gasteiger charge is -2.12. The van der Waals surface area contributed by atoms with Gasteiger partial charge < -0.3 is 9.09 Å². The first-order valence-electron chi connectivity index (χ1n) is 9.01. The van der Waals surface area contributed by atoms with Gasteiger partial charge in [-0.2, -0.15) is 0 Å². The van der Waals surface area contributed by atoms with Gasteiger partial charge in [-0.3, -0.25) is 4.79 Å². The number of nitrogens with one attached hydrogen (secondary N) is 1. The average molecular weight is 444 g/mol. The van der Waals surface area contributed by atoms with Crippen LogP contribution in [0.25, 0.3) is 11.1 Å². The van der Waals surface area contributed by atoms with Crippen molar-refractivity contribution in [3.05, 3.63) is 77.6 Å². The topological polar surface area (TPSA) is 94.5 Å². The van der Waals surface area contributed by atoms with E-state index in [2.05, 4.69) is 4.52 Å². The lowest BCUT2D eigenvalue weighted by Crippen LogP contribution is -2.28. The summed E-state index contributed by atoms with van der Waals surface area (Å²) in [7, 11) is -2.02. The van der Waals surface area contributed by atoms with Crippen LogP contribution in [0.1, 0.15) is 28.5 Å². The molecule has 1 heterocycles. The van der Waals surface area contributed by atoms with Gasteiger partial charge in [0.25, 0.3) is 10.0 Å². The maximum absolute atomic E-state index is 12.5. The van der Waals surface area contributed by atoms with Crippen LogP contribution in [-0.4, -0.2) is 24.9 Å². The predicted molar refractivity (Wildman–Crippen MR) is 116 cm³/mol. The number of carbonyl (C=O) groups excluding carboxylic acids is 2. The van der Waals surface area contributed by atoms with E-state index < -0.39 is 21.9 Å². The first-order chi connectivity index (χ1) is 14.2. The van der Waals surface area contributed by atoms with Gasteiger partial charge in [0.15, 0.2) is 0 Å². The molecule has 0 spiro atoms. The number of rotatable bonds is 6. The normalized spacial score (nSPS) is 11.2. The number of carbonyl (C=O) groups is 2. The lowest BCUT2D eigenvalue weighted by atomic mass is 10.0. The third-order valence-corrected chi connectivity index (χ3v) is 6.23. The maximum atomic E-state index is 12.5. The summed E-state index contributed by atoms with van der Waals surface area (Å²) < 4.78 is 33.6. The second-order valence-electron chi connectivity index (χ2n) is 6.76. The molecule has 2 aromatic carbocycles. The van der Waals surface area contributed by atoms with Crippen molar-refractivity contribution in [2.24, 2.45) is 0 Å². The zero-order valence-electron chi connectivity index (χ0n) is 16.5. The first kappa shape index (κ1) is 21.7. The van der Waals surface area contributed by atoms with Crippen molar-refractivity contribution in [1.29, 1.82) is 0 Å². The van der Waals surface area contributed by atoms with E-state index in [0.717, 1.165) is 18.2 Å². The van der Waals surface area contributed by atoms with Crippen LogP contribution in [0.5, 0.6) is 0 Å². The molecule has 3 aromatic rings. The molecule has 9 heteroatoms. The lowest BCUT2D eigenvalue weighted by molar-refractivity contribution is -0.117. The molecule has 0 aliphatic heterocycles. The fourth-order valence-corrected chi connectivity index (χ4v) is 4.49. The minimum atomic E-state index is -3.96. The van der Waals surface area contributed by atoms with Gasteiger partial charge in [-0.25, -0.2) is 17.9 Å². The summed E-state index contributed by atoms with van der Waals surface area (Å²) in [5.41, 5.74) is 3.57. The Morgan fingerprint density at radius 1 is 1.10 bits per heavy atom. The van der Waals surface area contributed by atoms with Gasteiger partial charge in [0.1, 0.15) is 0 Å². The Balaban J connectivity index is 1.88. The molecule has 1 unspecified atom stereocenters. The van der Waals surface area contributed by atoms with Crippen molar-refractivity contribution in [1.82, 2.24) is 9.29 Å². The molecule has 0 aliphatic carbocycles. The third-order valence-electron chi connectivity index (χ3n) is 4.53. The molecule has 156 valence electrons. The Bertz CT molecular complexity index is 1200. The molecule has 0 radical (unpaired) electrons. The molecular weight excluding hydrogens is 423 g/mol. The second kappa shape index (κ2) is 8.81. The number of amides is 1. The van der Waals surface area contributed by atoms with E-state index in [1.54, 1.807) is 30.5 Å². The van der Waals surface area contributed by atoms with Crippen molar-refractivity contribution < 1.29 is 22.5 Å². The highest BCUT2D eigenvalue weighted by molar-refractivity contribution is 7.90. The highest BCUT2D eigenvalue weighted by Gasteiger charge is 2.20. The molecule has 1 N–H and O–H groups in total. The Kier molecular flexibility index (Phi) is 6.39. The quantitative estimate of drug-likeness (QED) is 0.589. The van der Waals surface area contributed by atoms with Crippen LogP contribution in [0, 0.1) is 6.92 Å². The zero-order chi connectivity index (χ0) is 21.9. The van der Waals surface area contributed by atoms with Crippen LogP contribution in [0.4, 0.5) is 0 Å². The summed E-state index contributed by atoms with van der Waals surface area (Å²) in [6, 6.07) is 15.7. The third kappa shape index (κ3) is 4.78. The van der Waals surface area contributed by atoms with E-state index in [4.69, 9.17) is 0 Å². The predicted octanol–water partition coefficient (Wildman–Crippen LogP) is 3.28. The number of nitrogens with zero attached hydrogens (tertiary/aromatic N) is 1. The van der Waals surface area contributed by atoms with E-state index in [9.17, 15) is 18.0 Å². The van der Waals surface area contributed by atoms with Gasteiger partial charge in [-0.15, -0.1) is 0 Å². The highest BCUT2D eigenvalue weighted by Crippen LogP contribution is 2.27. The SMILES string of the molecule is CC(=O)NS(=O)(=O)c1ccccc1-c1ccc(Cn2cc(C(=O)OP)cc2C)cc1. The fraction of sp³-hybridized carbons (Fsp3) is 0.143. The van der Waals surface area contributed by atoms with Gasteiger partial charge >= 0.3 is 5.97 Å². The van der Waals surface area contributed by atoms with E-state index >= 15 is 0 Å². The summed E-state index contributed by atoms with van der Waals surface area (Å²) >= 11 is 0. The highest BCUT2D eigenvalue weighted by atomic mass is 32.2. The van der Waals surface area contributed by atoms with Crippen molar-refractivity contribution in [3.63, 3.8) is 0 Å². The van der Waals surface area contributed by atoms with E-state index in [-0.39, 0.29) is 4.90 Å². The Hall–Kier alpha value is -2.96. The maximum Gasteiger partial charge on any atom is 0.341 e. The smallest absolute Gasteiger partial charge is 0.341 e. The van der Waals surface area contributed by atoms with Crippen LogP contribution in [0.2, 0.25) is 0 Å². The number of sulfonamides is 1. The summed E-state index contributed by atoms with van der Waals surface area (Å²) in [5.74, 6) is -1.07. The largest absolute Gasteiger partial charge is 0.448 e. The molecule has 0 saturated carbocycles. The molecule has 3 rings (SSSR count). The van der Waals surface area contributed by atoms with Crippen molar-refractivity contribution in [2.45, 2.75) is 25.3 Å². The van der Waals surface area contributed by atoms with Crippen LogP contribution in [0.15, 0.2) is 65.7 Å². The molecule has 0 saturated heterocycles. The Labute approximate surface area is 177 Å². The number of hydrogen-bond acceptors (Lipinski definition) is 5. The average Bonchev–Trinajstić information content (AvgIpc) is 3.07. The van der Waals surface area contributed by atoms with Crippen molar-refractivity contribution in [3.8, 4) is 11.1 Å². The molecule has 0 fully saturated rings. The molecule has 7 nitrogen and oxygen atoms in total. The molecule has 1 amide bonds. The number of aryl methyl sites for hydroxylation is 1. The molecule has 30 heavy (non-hydrogen) atoms. The van der Waals surface area contributed by atoms with E-state index in [1.165, 1.54) is 6.07 Å². The monoisotopic (exact) mass is 444 g/mol. The molecule has 0 aliphatic rings. The van der Waals surface area contributed by atoms with Gasteiger partial charge in [0, 0.05) is 30.9 Å². The van der Waals surface area contributed by atoms with Crippen LogP contribution in [-0.2, 0) is 25.9 Å². The Morgan fingerprint density at radius 3 is 2.40 bits per heavy atom. The second-order valence-corrected chi connectivity index (χ2v) is 8.64. The fourth-order valence-electron chi connectivity index (χ4n) is 3.14. The van der Waals surface area contributed by atoms with Crippen molar-refractivity contribution >= 4 is 31.4 Å². The molecule has 1 atom stereocenters. The number of benzene rings is 2. The van der Waals surface area contributed by atoms with Crippen LogP contribution < -0.4 is 4.72 Å². The van der Waals surface area contributed by atoms with Crippen LogP contribution in [0.3, 0.4) is 0 Å². The summed E-state index contributed by atoms with van der Waals surface area (Å²) in [6.07, 6.45) is 1.73. The zero-order valence-corrected chi connectivity index (χ0v) is 18.4. The van der Waals surface area contributed by atoms with Gasteiger partial charge in [-0.1, -0.05) is 42.5 Å². The minimum absolute atomic E-state index is 0.0368. The number of aromatic nitrogens is 1. The van der Waals surface area contributed by atoms with Gasteiger partial charge in [0.2, 0.25) is 5.91 Å². The van der Waals surface area contributed by atoms with E-state index in [0.29, 0.717) is 23.2 Å². The van der Waals surface area contributed by atoms with E-state index in [1.807, 2.05) is 49.9 Å². The Morgan fingerprint density at radius 2 is 1.77 bits per heavy atom. The number of hydrogen-bond donors (Lipinski definition) is 1. The first-order valence-corrected chi connectivity index (χ1v) is 11.0. The summed E-state index contributed by atoms with van der Waals surface area (Å²) in [4.78, 5) is 23.0. The van der Waals surface area contributed by atoms with Crippen molar-refractivity contribution in [2.75, 3.05) is 0 Å². The van der Waals surface area contributed by atoms with Crippen LogP contribution >= 0.6 is 9.47 Å².